The normalized spacial score (nSPS) is 20.0. The van der Waals surface area contributed by atoms with E-state index in [0.717, 1.165) is 66.5 Å². The molecule has 1 amide bonds. The highest BCUT2D eigenvalue weighted by molar-refractivity contribution is 5.81. The molecule has 1 aromatic carbocycles. The summed E-state index contributed by atoms with van der Waals surface area (Å²) in [6, 6.07) is 8.36. The quantitative estimate of drug-likeness (QED) is 0.125. The number of aliphatic hydroxyl groups excluding tert-OH is 1. The number of aryl methyl sites for hydroxylation is 1. The molecule has 7 heteroatoms. The minimum absolute atomic E-state index is 0.112. The van der Waals surface area contributed by atoms with Crippen molar-refractivity contribution in [1.29, 1.82) is 0 Å². The van der Waals surface area contributed by atoms with E-state index in [2.05, 4.69) is 62.4 Å². The van der Waals surface area contributed by atoms with Crippen LogP contribution in [0.15, 0.2) is 78.7 Å². The molecule has 1 unspecified atom stereocenters. The number of hydrogen-bond acceptors (Lipinski definition) is 6. The molecule has 7 nitrogen and oxygen atoms in total. The molecule has 296 valence electrons. The molecule has 1 aromatic heterocycles. The molecule has 0 bridgehead atoms. The molecule has 2 atom stereocenters. The van der Waals surface area contributed by atoms with Gasteiger partial charge in [-0.05, 0) is 101 Å². The van der Waals surface area contributed by atoms with Gasteiger partial charge in [-0.3, -0.25) is 9.59 Å². The number of benzene rings is 1. The number of amides is 1. The van der Waals surface area contributed by atoms with Crippen LogP contribution in [0, 0.1) is 17.8 Å². The van der Waals surface area contributed by atoms with Crippen LogP contribution < -0.4 is 0 Å². The Morgan fingerprint density at radius 2 is 1.65 bits per heavy atom. The molecule has 54 heavy (non-hydrogen) atoms. The van der Waals surface area contributed by atoms with Gasteiger partial charge in [0.2, 0.25) is 5.91 Å². The number of hydrogen-bond donors (Lipinski definition) is 1. The Hall–Kier alpha value is -3.84. The van der Waals surface area contributed by atoms with Gasteiger partial charge in [-0.1, -0.05) is 114 Å². The molecule has 0 spiro atoms. The minimum atomic E-state index is -0.491. The van der Waals surface area contributed by atoms with Gasteiger partial charge in [-0.2, -0.15) is 0 Å². The van der Waals surface area contributed by atoms with Crippen molar-refractivity contribution in [2.24, 2.45) is 17.8 Å². The molecule has 1 fully saturated rings. The first kappa shape index (κ1) is 44.6. The van der Waals surface area contributed by atoms with Crippen LogP contribution in [0.1, 0.15) is 137 Å². The van der Waals surface area contributed by atoms with Crippen LogP contribution in [0.3, 0.4) is 0 Å². The predicted octanol–water partition coefficient (Wildman–Crippen LogP) is 10.9. The van der Waals surface area contributed by atoms with Crippen molar-refractivity contribution in [2.75, 3.05) is 19.7 Å². The SMILES string of the molecule is CC.CCCCC[C@@H](C)C1CC=C(c2cnc(-c3ccc(CCCC(=O)N4CC(C(=O)OC(C)(C)C)C4)cc3)nc2)CCC1.OCC1=C/C/C=C\C/C=C\1. The van der Waals surface area contributed by atoms with Gasteiger partial charge >= 0.3 is 5.97 Å². The summed E-state index contributed by atoms with van der Waals surface area (Å²) in [6.07, 6.45) is 31.0. The second-order valence-electron chi connectivity index (χ2n) is 15.7. The molecular formula is C47H69N3O4. The van der Waals surface area contributed by atoms with Gasteiger partial charge in [0.1, 0.15) is 5.60 Å². The van der Waals surface area contributed by atoms with Gasteiger partial charge in [-0.25, -0.2) is 9.97 Å². The van der Waals surface area contributed by atoms with E-state index in [4.69, 9.17) is 19.8 Å². The molecule has 2 heterocycles. The third kappa shape index (κ3) is 15.5. The van der Waals surface area contributed by atoms with E-state index >= 15 is 0 Å². The predicted molar refractivity (Wildman–Crippen MR) is 224 cm³/mol. The van der Waals surface area contributed by atoms with Crippen LogP contribution in [-0.2, 0) is 20.7 Å². The fourth-order valence-electron chi connectivity index (χ4n) is 6.98. The molecule has 1 saturated heterocycles. The van der Waals surface area contributed by atoms with Crippen LogP contribution in [-0.4, -0.2) is 57.1 Å². The van der Waals surface area contributed by atoms with E-state index in [9.17, 15) is 9.59 Å². The van der Waals surface area contributed by atoms with E-state index in [0.29, 0.717) is 19.5 Å². The van der Waals surface area contributed by atoms with E-state index in [-0.39, 0.29) is 24.4 Å². The summed E-state index contributed by atoms with van der Waals surface area (Å²) in [5.74, 6) is 2.05. The Balaban J connectivity index is 0.000000560. The lowest BCUT2D eigenvalue weighted by Gasteiger charge is -2.39. The number of allylic oxidation sites excluding steroid dienone is 6. The molecule has 2 aliphatic carbocycles. The van der Waals surface area contributed by atoms with Crippen LogP contribution in [0.25, 0.3) is 17.0 Å². The van der Waals surface area contributed by atoms with Crippen molar-refractivity contribution in [3.8, 4) is 11.4 Å². The third-order valence-electron chi connectivity index (χ3n) is 10.3. The lowest BCUT2D eigenvalue weighted by molar-refractivity contribution is -0.167. The molecule has 5 rings (SSSR count). The molecular weight excluding hydrogens is 671 g/mol. The number of likely N-dealkylation sites (tertiary alicyclic amines) is 1. The molecule has 0 radical (unpaired) electrons. The second kappa shape index (κ2) is 23.8. The van der Waals surface area contributed by atoms with Crippen molar-refractivity contribution in [3.63, 3.8) is 0 Å². The van der Waals surface area contributed by atoms with Gasteiger partial charge in [0.15, 0.2) is 5.82 Å². The maximum absolute atomic E-state index is 12.5. The number of carbonyl (C=O) groups excluding carboxylic acids is 2. The lowest BCUT2D eigenvalue weighted by atomic mass is 9.84. The van der Waals surface area contributed by atoms with Crippen molar-refractivity contribution in [3.05, 3.63) is 89.8 Å². The van der Waals surface area contributed by atoms with Crippen molar-refractivity contribution >= 4 is 17.4 Å². The number of nitrogens with zero attached hydrogens (tertiary/aromatic N) is 3. The summed E-state index contributed by atoms with van der Waals surface area (Å²) in [6.45, 7) is 15.4. The number of aromatic nitrogens is 2. The zero-order valence-electron chi connectivity index (χ0n) is 34.5. The average Bonchev–Trinajstić information content (AvgIpc) is 3.39. The van der Waals surface area contributed by atoms with Gasteiger partial charge in [0.25, 0.3) is 0 Å². The van der Waals surface area contributed by atoms with E-state index in [1.165, 1.54) is 56.1 Å². The molecule has 1 aliphatic heterocycles. The monoisotopic (exact) mass is 740 g/mol. The first-order chi connectivity index (χ1) is 26.1. The first-order valence-electron chi connectivity index (χ1n) is 20.8. The summed E-state index contributed by atoms with van der Waals surface area (Å²) >= 11 is 0. The molecule has 1 N–H and O–H groups in total. The van der Waals surface area contributed by atoms with E-state index in [1.807, 2.05) is 59.2 Å². The Morgan fingerprint density at radius 1 is 0.944 bits per heavy atom. The topological polar surface area (TPSA) is 92.6 Å². The van der Waals surface area contributed by atoms with Crippen LogP contribution in [0.2, 0.25) is 0 Å². The smallest absolute Gasteiger partial charge is 0.313 e. The lowest BCUT2D eigenvalue weighted by Crippen LogP contribution is -2.54. The largest absolute Gasteiger partial charge is 0.460 e. The number of rotatable bonds is 13. The van der Waals surface area contributed by atoms with Crippen molar-refractivity contribution < 1.29 is 19.4 Å². The molecule has 2 aromatic rings. The Kier molecular flexibility index (Phi) is 19.7. The second-order valence-corrected chi connectivity index (χ2v) is 15.7. The van der Waals surface area contributed by atoms with Gasteiger partial charge in [0.05, 0.1) is 12.5 Å². The van der Waals surface area contributed by atoms with Crippen molar-refractivity contribution in [1.82, 2.24) is 14.9 Å². The van der Waals surface area contributed by atoms with E-state index in [1.54, 1.807) is 4.90 Å². The fourth-order valence-corrected chi connectivity index (χ4v) is 6.98. The van der Waals surface area contributed by atoms with Gasteiger partial charge in [0, 0.05) is 43.0 Å². The number of aliphatic hydroxyl groups is 1. The van der Waals surface area contributed by atoms with Gasteiger partial charge < -0.3 is 14.7 Å². The summed E-state index contributed by atoms with van der Waals surface area (Å²) in [4.78, 5) is 35.8. The minimum Gasteiger partial charge on any atom is -0.460 e. The number of carbonyl (C=O) groups is 2. The standard InChI is InChI=1S/C36H51N3O3.C9H12O.C2H6/c1-6-7-8-11-26(2)28-13-10-14-29(21-20-28)31-22-37-34(38-23-31)30-18-16-27(17-19-30)12-9-15-33(40)39-24-32(25-39)35(41)42-36(3,4)5;10-8-9-6-4-2-1-3-5-7-9;1-2/h16-19,21-23,26,28,32H,6-15,20,24-25H2,1-5H3;1-2,5-7,10H,3-4,8H2;1-2H3/b;2-1-,7-5-,9-6+;/t26-,28?;;/m1../s1. The Morgan fingerprint density at radius 3 is 2.31 bits per heavy atom. The zero-order valence-corrected chi connectivity index (χ0v) is 34.5. The number of unbranched alkanes of at least 4 members (excludes halogenated alkanes) is 2. The maximum atomic E-state index is 12.5. The summed E-state index contributed by atoms with van der Waals surface area (Å²) < 4.78 is 5.42. The highest BCUT2D eigenvalue weighted by Crippen LogP contribution is 2.34. The maximum Gasteiger partial charge on any atom is 0.313 e. The van der Waals surface area contributed by atoms with E-state index < -0.39 is 5.60 Å². The summed E-state index contributed by atoms with van der Waals surface area (Å²) in [5.41, 5.74) is 5.28. The van der Waals surface area contributed by atoms with Crippen LogP contribution in [0.5, 0.6) is 0 Å². The first-order valence-corrected chi connectivity index (χ1v) is 20.8. The Labute approximate surface area is 327 Å². The van der Waals surface area contributed by atoms with Gasteiger partial charge in [-0.15, -0.1) is 0 Å². The van der Waals surface area contributed by atoms with Crippen LogP contribution >= 0.6 is 0 Å². The third-order valence-corrected chi connectivity index (χ3v) is 10.3. The summed E-state index contributed by atoms with van der Waals surface area (Å²) in [7, 11) is 0. The fraction of sp³-hybridized carbons (Fsp3) is 0.574. The van der Waals surface area contributed by atoms with Crippen molar-refractivity contribution in [2.45, 2.75) is 138 Å². The molecule has 3 aliphatic rings. The molecule has 0 saturated carbocycles. The average molecular weight is 740 g/mol. The Bertz CT molecular complexity index is 1530. The zero-order chi connectivity index (χ0) is 39.3. The highest BCUT2D eigenvalue weighted by Gasteiger charge is 2.37. The highest BCUT2D eigenvalue weighted by atomic mass is 16.6. The number of ether oxygens (including phenoxy) is 1. The number of esters is 1. The summed E-state index contributed by atoms with van der Waals surface area (Å²) in [5, 5.41) is 8.76. The van der Waals surface area contributed by atoms with Crippen LogP contribution in [0.4, 0.5) is 0 Å².